The summed E-state index contributed by atoms with van der Waals surface area (Å²) in [5.74, 6) is 0.521. The fourth-order valence-corrected chi connectivity index (χ4v) is 6.19. The van der Waals surface area contributed by atoms with Gasteiger partial charge in [-0.1, -0.05) is 72.3 Å². The quantitative estimate of drug-likeness (QED) is 0.274. The number of carbonyl (C=O) groups is 1. The van der Waals surface area contributed by atoms with E-state index in [0.717, 1.165) is 17.3 Å². The van der Waals surface area contributed by atoms with E-state index in [1.165, 1.54) is 27.5 Å². The molecular formula is C36H27ClN2O2. The van der Waals surface area contributed by atoms with Gasteiger partial charge in [0.2, 0.25) is 5.88 Å². The molecule has 7 rings (SSSR count). The van der Waals surface area contributed by atoms with Crippen molar-refractivity contribution in [3.05, 3.63) is 147 Å². The van der Waals surface area contributed by atoms with Crippen molar-refractivity contribution in [1.82, 2.24) is 10.3 Å². The van der Waals surface area contributed by atoms with Gasteiger partial charge in [-0.2, -0.15) is 0 Å². The molecule has 2 heterocycles. The fourth-order valence-electron chi connectivity index (χ4n) is 6.06. The molecule has 2 atom stereocenters. The zero-order valence-electron chi connectivity index (χ0n) is 22.3. The summed E-state index contributed by atoms with van der Waals surface area (Å²) in [7, 11) is 0. The molecule has 0 saturated heterocycles. The highest BCUT2D eigenvalue weighted by Gasteiger charge is 2.32. The van der Waals surface area contributed by atoms with Crippen molar-refractivity contribution in [1.29, 1.82) is 0 Å². The lowest BCUT2D eigenvalue weighted by atomic mass is 9.75. The Bertz CT molecular complexity index is 1890. The number of Topliss-reactive ketones (excluding diaryl/α,β-unsaturated/α-hetero) is 1. The van der Waals surface area contributed by atoms with Gasteiger partial charge < -0.3 is 10.1 Å². The van der Waals surface area contributed by atoms with E-state index in [-0.39, 0.29) is 17.6 Å². The second-order valence-corrected chi connectivity index (χ2v) is 10.9. The lowest BCUT2D eigenvalue weighted by Gasteiger charge is -2.30. The number of nitrogens with one attached hydrogen (secondary N) is 1. The molecule has 3 aliphatic rings. The van der Waals surface area contributed by atoms with E-state index in [1.807, 2.05) is 24.4 Å². The number of nitrogens with zero attached hydrogens (tertiary/aromatic N) is 1. The monoisotopic (exact) mass is 554 g/mol. The molecule has 200 valence electrons. The Hall–Kier alpha value is -4.67. The maximum absolute atomic E-state index is 14.3. The second kappa shape index (κ2) is 10.7. The molecule has 0 amide bonds. The molecule has 0 bridgehead atoms. The number of halogens is 1. The van der Waals surface area contributed by atoms with E-state index < -0.39 is 0 Å². The lowest BCUT2D eigenvalue weighted by molar-refractivity contribution is 0.0941. The minimum atomic E-state index is -0.361. The van der Waals surface area contributed by atoms with Crippen molar-refractivity contribution in [2.45, 2.75) is 18.8 Å². The summed E-state index contributed by atoms with van der Waals surface area (Å²) in [5.41, 5.74) is 6.56. The molecule has 0 saturated carbocycles. The van der Waals surface area contributed by atoms with Crippen LogP contribution in [0.1, 0.15) is 33.8 Å². The van der Waals surface area contributed by atoms with Gasteiger partial charge in [-0.05, 0) is 94.1 Å². The summed E-state index contributed by atoms with van der Waals surface area (Å²) < 4.78 is 6.08. The summed E-state index contributed by atoms with van der Waals surface area (Å²) in [4.78, 5) is 18.7. The summed E-state index contributed by atoms with van der Waals surface area (Å²) in [6, 6.07) is 23.7. The van der Waals surface area contributed by atoms with Gasteiger partial charge in [-0.3, -0.25) is 4.79 Å². The smallest absolute Gasteiger partial charge is 0.230 e. The minimum absolute atomic E-state index is 0.00756. The van der Waals surface area contributed by atoms with Crippen LogP contribution in [0.25, 0.3) is 23.3 Å². The van der Waals surface area contributed by atoms with Gasteiger partial charge in [0.25, 0.3) is 0 Å². The third-order valence-corrected chi connectivity index (χ3v) is 8.26. The standard InChI is InChI=1S/C36H27ClN2O2/c37-25-12-14-26(15-13-25)41-36-31(9-6-20-39-36)35(40)24-21-32-29-16-11-23-7-3-4-8-27(23)28(29)17-18-30(32)33(22-24)34-10-2-1-5-19-38-34/h1-10,12-21,24,33,38H,11,22H2. The second-order valence-electron chi connectivity index (χ2n) is 10.4. The van der Waals surface area contributed by atoms with E-state index in [0.29, 0.717) is 28.6 Å². The van der Waals surface area contributed by atoms with Crippen molar-refractivity contribution in [3.8, 4) is 22.8 Å². The van der Waals surface area contributed by atoms with Gasteiger partial charge in [0.15, 0.2) is 5.78 Å². The van der Waals surface area contributed by atoms with Gasteiger partial charge in [-0.15, -0.1) is 0 Å². The van der Waals surface area contributed by atoms with Gasteiger partial charge in [-0.25, -0.2) is 4.98 Å². The van der Waals surface area contributed by atoms with Crippen LogP contribution in [-0.4, -0.2) is 10.8 Å². The third-order valence-electron chi connectivity index (χ3n) is 8.01. The average molecular weight is 555 g/mol. The summed E-state index contributed by atoms with van der Waals surface area (Å²) in [6.07, 6.45) is 17.7. The van der Waals surface area contributed by atoms with E-state index in [1.54, 1.807) is 42.6 Å². The van der Waals surface area contributed by atoms with Crippen LogP contribution in [0.4, 0.5) is 0 Å². The molecule has 1 aromatic heterocycles. The largest absolute Gasteiger partial charge is 0.438 e. The van der Waals surface area contributed by atoms with Crippen molar-refractivity contribution in [2.75, 3.05) is 0 Å². The highest BCUT2D eigenvalue weighted by atomic mass is 35.5. The topological polar surface area (TPSA) is 51.2 Å². The SMILES string of the molecule is O=C(c1cccnc1Oc1ccc(Cl)cc1)C1C=c2c(ccc3c2=CCc2ccccc2-3)C(C2=CC=CC=CN2)C1. The first kappa shape index (κ1) is 25.3. The van der Waals surface area contributed by atoms with Gasteiger partial charge >= 0.3 is 0 Å². The Balaban J connectivity index is 1.35. The molecule has 41 heavy (non-hydrogen) atoms. The van der Waals surface area contributed by atoms with Crippen LogP contribution < -0.4 is 20.5 Å². The summed E-state index contributed by atoms with van der Waals surface area (Å²) in [6.45, 7) is 0. The molecule has 4 aromatic rings. The number of carbonyl (C=O) groups excluding carboxylic acids is 1. The van der Waals surface area contributed by atoms with Crippen molar-refractivity contribution in [2.24, 2.45) is 5.92 Å². The normalized spacial score (nSPS) is 18.3. The molecule has 3 aromatic carbocycles. The summed E-state index contributed by atoms with van der Waals surface area (Å²) >= 11 is 6.06. The van der Waals surface area contributed by atoms with E-state index >= 15 is 0 Å². The predicted octanol–water partition coefficient (Wildman–Crippen LogP) is 6.85. The van der Waals surface area contributed by atoms with Crippen LogP contribution in [0.15, 0.2) is 115 Å². The van der Waals surface area contributed by atoms with E-state index in [2.05, 4.69) is 64.9 Å². The first-order chi connectivity index (χ1) is 20.2. The molecule has 2 aliphatic carbocycles. The number of ether oxygens (including phenoxy) is 1. The molecule has 0 radical (unpaired) electrons. The van der Waals surface area contributed by atoms with Crippen LogP contribution in [0.3, 0.4) is 0 Å². The maximum atomic E-state index is 14.3. The Morgan fingerprint density at radius 2 is 1.78 bits per heavy atom. The number of hydrogen-bond acceptors (Lipinski definition) is 4. The molecule has 4 nitrogen and oxygen atoms in total. The molecule has 2 unspecified atom stereocenters. The number of hydrogen-bond donors (Lipinski definition) is 1. The Labute approximate surface area is 243 Å². The average Bonchev–Trinajstić information content (AvgIpc) is 3.31. The zero-order chi connectivity index (χ0) is 27.8. The molecule has 0 spiro atoms. The Morgan fingerprint density at radius 3 is 2.68 bits per heavy atom. The van der Waals surface area contributed by atoms with E-state index in [4.69, 9.17) is 16.3 Å². The van der Waals surface area contributed by atoms with Crippen LogP contribution >= 0.6 is 11.6 Å². The number of allylic oxidation sites excluding steroid dienone is 5. The van der Waals surface area contributed by atoms with Gasteiger partial charge in [0.05, 0.1) is 5.56 Å². The first-order valence-corrected chi connectivity index (χ1v) is 14.2. The number of aromatic nitrogens is 1. The highest BCUT2D eigenvalue weighted by molar-refractivity contribution is 6.30. The summed E-state index contributed by atoms with van der Waals surface area (Å²) in [5, 5.41) is 6.42. The molecule has 0 fully saturated rings. The number of rotatable bonds is 5. The van der Waals surface area contributed by atoms with Crippen molar-refractivity contribution >= 4 is 29.5 Å². The number of pyridine rings is 1. The Kier molecular flexibility index (Phi) is 6.62. The minimum Gasteiger partial charge on any atom is -0.438 e. The third kappa shape index (κ3) is 4.81. The van der Waals surface area contributed by atoms with Crippen LogP contribution in [0, 0.1) is 5.92 Å². The van der Waals surface area contributed by atoms with Gasteiger partial charge in [0.1, 0.15) is 5.75 Å². The molecular weight excluding hydrogens is 528 g/mol. The maximum Gasteiger partial charge on any atom is 0.230 e. The van der Waals surface area contributed by atoms with Crippen LogP contribution in [-0.2, 0) is 6.42 Å². The number of ketones is 1. The van der Waals surface area contributed by atoms with Crippen LogP contribution in [0.2, 0.25) is 5.02 Å². The Morgan fingerprint density at radius 1 is 0.902 bits per heavy atom. The van der Waals surface area contributed by atoms with Crippen molar-refractivity contribution in [3.63, 3.8) is 0 Å². The van der Waals surface area contributed by atoms with E-state index in [9.17, 15) is 4.79 Å². The van der Waals surface area contributed by atoms with Crippen LogP contribution in [0.5, 0.6) is 11.6 Å². The fraction of sp³-hybridized carbons (Fsp3) is 0.111. The highest BCUT2D eigenvalue weighted by Crippen LogP contribution is 2.36. The molecule has 1 aliphatic heterocycles. The molecule has 1 N–H and O–H groups in total. The zero-order valence-corrected chi connectivity index (χ0v) is 23.0. The number of fused-ring (bicyclic) bond motifs is 5. The number of benzene rings is 3. The first-order valence-electron chi connectivity index (χ1n) is 13.8. The lowest BCUT2D eigenvalue weighted by Crippen LogP contribution is -2.40. The van der Waals surface area contributed by atoms with Crippen molar-refractivity contribution < 1.29 is 9.53 Å². The van der Waals surface area contributed by atoms with Gasteiger partial charge in [0, 0.05) is 35.0 Å². The molecule has 5 heteroatoms. The predicted molar refractivity (Wildman–Crippen MR) is 164 cm³/mol.